The molecule has 1 nitrogen and oxygen atoms in total. The molecule has 0 bridgehead atoms. The quantitative estimate of drug-likeness (QED) is 0.572. The molecule has 0 atom stereocenters. The van der Waals surface area contributed by atoms with Crippen molar-refractivity contribution in [3.05, 3.63) is 46.5 Å². The van der Waals surface area contributed by atoms with Crippen molar-refractivity contribution >= 4 is 5.69 Å². The molecule has 0 amide bonds. The van der Waals surface area contributed by atoms with Gasteiger partial charge in [-0.2, -0.15) is 0 Å². The van der Waals surface area contributed by atoms with Crippen LogP contribution in [0, 0.1) is 27.7 Å². The minimum Gasteiger partial charge on any atom is -0.408 e. The van der Waals surface area contributed by atoms with Crippen molar-refractivity contribution in [3.63, 3.8) is 0 Å². The molecule has 0 aliphatic carbocycles. The molecular formula is C17H22LiN. The number of rotatable bonds is 2. The van der Waals surface area contributed by atoms with Gasteiger partial charge in [-0.3, -0.25) is 0 Å². The third-order valence-corrected chi connectivity index (χ3v) is 4.09. The number of hydrogen-bond acceptors (Lipinski definition) is 1. The first-order valence-corrected chi connectivity index (χ1v) is 6.45. The first-order valence-electron chi connectivity index (χ1n) is 6.45. The van der Waals surface area contributed by atoms with Gasteiger partial charge in [0.25, 0.3) is 0 Å². The van der Waals surface area contributed by atoms with Crippen molar-refractivity contribution in [2.45, 2.75) is 27.7 Å². The largest absolute Gasteiger partial charge is 1.00 e. The summed E-state index contributed by atoms with van der Waals surface area (Å²) in [5.41, 5.74) is 9.72. The molecule has 0 spiro atoms. The van der Waals surface area contributed by atoms with Crippen molar-refractivity contribution in [1.82, 2.24) is 0 Å². The van der Waals surface area contributed by atoms with Gasteiger partial charge < -0.3 is 4.90 Å². The number of hydrogen-bond donors (Lipinski definition) is 0. The molecule has 96 valence electrons. The van der Waals surface area contributed by atoms with Gasteiger partial charge in [0, 0.05) is 0 Å². The van der Waals surface area contributed by atoms with Crippen molar-refractivity contribution < 1.29 is 18.9 Å². The Morgan fingerprint density at radius 3 is 1.79 bits per heavy atom. The fourth-order valence-electron chi connectivity index (χ4n) is 2.70. The summed E-state index contributed by atoms with van der Waals surface area (Å²) >= 11 is 0. The molecule has 0 N–H and O–H groups in total. The van der Waals surface area contributed by atoms with Gasteiger partial charge in [-0.05, 0) is 19.8 Å². The minimum atomic E-state index is 0. The Morgan fingerprint density at radius 1 is 0.842 bits per heavy atom. The van der Waals surface area contributed by atoms with E-state index in [2.05, 4.69) is 71.0 Å². The van der Waals surface area contributed by atoms with E-state index in [0.29, 0.717) is 0 Å². The van der Waals surface area contributed by atoms with Crippen LogP contribution in [0.2, 0.25) is 0 Å². The predicted octanol–water partition coefficient (Wildman–Crippen LogP) is 1.38. The van der Waals surface area contributed by atoms with Crippen molar-refractivity contribution in [1.29, 1.82) is 0 Å². The molecule has 2 heteroatoms. The zero-order valence-corrected chi connectivity index (χ0v) is 13.3. The van der Waals surface area contributed by atoms with E-state index < -0.39 is 0 Å². The molecule has 0 saturated heterocycles. The van der Waals surface area contributed by atoms with E-state index in [4.69, 9.17) is 0 Å². The summed E-state index contributed by atoms with van der Waals surface area (Å²) in [5.74, 6) is 0. The monoisotopic (exact) mass is 247 g/mol. The molecule has 0 heterocycles. The maximum Gasteiger partial charge on any atom is 1.00 e. The van der Waals surface area contributed by atoms with E-state index in [-0.39, 0.29) is 18.9 Å². The zero-order valence-electron chi connectivity index (χ0n) is 13.3. The summed E-state index contributed by atoms with van der Waals surface area (Å²) in [6, 6.07) is 8.64. The standard InChI is InChI=1S/C17H22N.Li/c1-11-12(2)14(4)17(13(11)3)15-9-7-8-10-16(15)18(5)6;/h7-10H,1-6H3;/q-1;+1. The smallest absolute Gasteiger partial charge is 0.408 e. The van der Waals surface area contributed by atoms with Gasteiger partial charge in [0.15, 0.2) is 0 Å². The van der Waals surface area contributed by atoms with Crippen LogP contribution >= 0.6 is 0 Å². The van der Waals surface area contributed by atoms with Crippen LogP contribution in [0.25, 0.3) is 11.1 Å². The number of nitrogens with zero attached hydrogens (tertiary/aromatic N) is 1. The van der Waals surface area contributed by atoms with Gasteiger partial charge in [0.05, 0.1) is 0 Å². The molecule has 19 heavy (non-hydrogen) atoms. The third kappa shape index (κ3) is 2.64. The van der Waals surface area contributed by atoms with Crippen LogP contribution in [0.3, 0.4) is 0 Å². The molecule has 0 saturated carbocycles. The van der Waals surface area contributed by atoms with Crippen LogP contribution in [0.1, 0.15) is 22.3 Å². The fourth-order valence-corrected chi connectivity index (χ4v) is 2.70. The van der Waals surface area contributed by atoms with Gasteiger partial charge >= 0.3 is 18.9 Å². The third-order valence-electron chi connectivity index (χ3n) is 4.09. The maximum absolute atomic E-state index is 2.23. The second-order valence-corrected chi connectivity index (χ2v) is 5.29. The molecule has 2 aromatic rings. The summed E-state index contributed by atoms with van der Waals surface area (Å²) in [7, 11) is 4.21. The minimum absolute atomic E-state index is 0. The normalized spacial score (nSPS) is 10.2. The van der Waals surface area contributed by atoms with Crippen LogP contribution < -0.4 is 23.8 Å². The zero-order chi connectivity index (χ0) is 13.4. The fraction of sp³-hybridized carbons (Fsp3) is 0.353. The van der Waals surface area contributed by atoms with Gasteiger partial charge in [-0.25, -0.2) is 0 Å². The summed E-state index contributed by atoms with van der Waals surface area (Å²) in [6.45, 7) is 8.91. The number of benzene rings is 1. The van der Waals surface area contributed by atoms with E-state index in [1.54, 1.807) is 0 Å². The van der Waals surface area contributed by atoms with Crippen LogP contribution in [0.5, 0.6) is 0 Å². The van der Waals surface area contributed by atoms with Crippen molar-refractivity contribution in [2.75, 3.05) is 19.0 Å². The Labute approximate surface area is 129 Å². The molecule has 0 fully saturated rings. The number of para-hydroxylation sites is 1. The Morgan fingerprint density at radius 2 is 1.32 bits per heavy atom. The maximum atomic E-state index is 2.23. The van der Waals surface area contributed by atoms with Crippen molar-refractivity contribution in [2.24, 2.45) is 0 Å². The van der Waals surface area contributed by atoms with Crippen LogP contribution in [-0.4, -0.2) is 14.1 Å². The van der Waals surface area contributed by atoms with E-state index in [1.165, 1.54) is 39.1 Å². The summed E-state index contributed by atoms with van der Waals surface area (Å²) < 4.78 is 0. The van der Waals surface area contributed by atoms with Crippen LogP contribution in [-0.2, 0) is 0 Å². The molecule has 0 unspecified atom stereocenters. The molecule has 0 aromatic heterocycles. The van der Waals surface area contributed by atoms with E-state index in [1.807, 2.05) is 0 Å². The molecule has 2 aromatic carbocycles. The van der Waals surface area contributed by atoms with Crippen molar-refractivity contribution in [3.8, 4) is 11.1 Å². The molecule has 0 aliphatic heterocycles. The Bertz CT molecular complexity index is 554. The topological polar surface area (TPSA) is 3.24 Å². The average molecular weight is 247 g/mol. The van der Waals surface area contributed by atoms with E-state index in [9.17, 15) is 0 Å². The average Bonchev–Trinajstić information content (AvgIpc) is 2.54. The number of anilines is 1. The van der Waals surface area contributed by atoms with Gasteiger partial charge in [0.2, 0.25) is 0 Å². The molecule has 0 aliphatic rings. The summed E-state index contributed by atoms with van der Waals surface area (Å²) in [6.07, 6.45) is 0. The van der Waals surface area contributed by atoms with E-state index in [0.717, 1.165) is 0 Å². The SMILES string of the molecule is Cc1c(C)c(C)[c-](-c2ccccc2N(C)C)c1C.[Li+]. The first-order chi connectivity index (χ1) is 8.45. The summed E-state index contributed by atoms with van der Waals surface area (Å²) in [4.78, 5) is 2.19. The second kappa shape index (κ2) is 5.95. The summed E-state index contributed by atoms with van der Waals surface area (Å²) in [5, 5.41) is 0. The Balaban J connectivity index is 0.00000180. The van der Waals surface area contributed by atoms with Gasteiger partial charge in [0.1, 0.15) is 0 Å². The van der Waals surface area contributed by atoms with E-state index >= 15 is 0 Å². The van der Waals surface area contributed by atoms with Gasteiger partial charge in [-0.15, -0.1) is 28.3 Å². The second-order valence-electron chi connectivity index (χ2n) is 5.29. The Kier molecular flexibility index (Phi) is 5.02. The van der Waals surface area contributed by atoms with Gasteiger partial charge in [-0.1, -0.05) is 57.0 Å². The molecular weight excluding hydrogens is 225 g/mol. The van der Waals surface area contributed by atoms with Crippen LogP contribution in [0.15, 0.2) is 24.3 Å². The molecule has 2 rings (SSSR count). The predicted molar refractivity (Wildman–Crippen MR) is 80.7 cm³/mol. The Hall–Kier alpha value is -1.03. The van der Waals surface area contributed by atoms with Crippen LogP contribution in [0.4, 0.5) is 5.69 Å². The molecule has 0 radical (unpaired) electrons. The first kappa shape index (κ1) is 16.0.